The summed E-state index contributed by atoms with van der Waals surface area (Å²) in [5.74, 6) is 2.17. The fourth-order valence-electron chi connectivity index (χ4n) is 2.66. The Morgan fingerprint density at radius 2 is 1.77 bits per heavy atom. The van der Waals surface area contributed by atoms with Crippen molar-refractivity contribution in [1.82, 2.24) is 5.32 Å². The lowest BCUT2D eigenvalue weighted by molar-refractivity contribution is -0.121. The molecule has 26 heavy (non-hydrogen) atoms. The third-order valence-electron chi connectivity index (χ3n) is 4.00. The summed E-state index contributed by atoms with van der Waals surface area (Å²) >= 11 is 0. The Bertz CT molecular complexity index is 723. The first-order valence-electron chi connectivity index (χ1n) is 8.80. The van der Waals surface area contributed by atoms with E-state index in [-0.39, 0.29) is 5.91 Å². The second kappa shape index (κ2) is 9.70. The number of rotatable bonds is 9. The van der Waals surface area contributed by atoms with E-state index in [2.05, 4.69) is 5.32 Å². The van der Waals surface area contributed by atoms with Crippen molar-refractivity contribution >= 4 is 5.91 Å². The molecule has 0 fully saturated rings. The quantitative estimate of drug-likeness (QED) is 0.742. The minimum Gasteiger partial charge on any atom is -0.493 e. The summed E-state index contributed by atoms with van der Waals surface area (Å²) in [5, 5.41) is 2.90. The Balaban J connectivity index is 1.81. The van der Waals surface area contributed by atoms with Gasteiger partial charge in [-0.3, -0.25) is 4.79 Å². The Kier molecular flexibility index (Phi) is 7.33. The van der Waals surface area contributed by atoms with E-state index in [1.807, 2.05) is 57.2 Å². The van der Waals surface area contributed by atoms with Gasteiger partial charge in [0, 0.05) is 6.54 Å². The molecule has 1 N–H and O–H groups in total. The molecular formula is C21H27NO4. The Morgan fingerprint density at radius 1 is 1.04 bits per heavy atom. The predicted molar refractivity (Wildman–Crippen MR) is 102 cm³/mol. The second-order valence-electron chi connectivity index (χ2n) is 6.01. The standard InChI is InChI=1S/C21H27NO4/c1-5-25-18-10-9-17(13-19(18)24-4)14-22-20(23)11-12-26-21-15(2)7-6-8-16(21)3/h6-10,13H,5,11-12,14H2,1-4H3,(H,22,23). The summed E-state index contributed by atoms with van der Waals surface area (Å²) in [6.45, 7) is 7.29. The van der Waals surface area contributed by atoms with E-state index in [1.165, 1.54) is 0 Å². The number of ether oxygens (including phenoxy) is 3. The van der Waals surface area contributed by atoms with Crippen LogP contribution < -0.4 is 19.5 Å². The van der Waals surface area contributed by atoms with E-state index < -0.39 is 0 Å². The van der Waals surface area contributed by atoms with Gasteiger partial charge in [0.05, 0.1) is 26.7 Å². The molecule has 0 saturated carbocycles. The lowest BCUT2D eigenvalue weighted by atomic mass is 10.1. The van der Waals surface area contributed by atoms with Crippen molar-refractivity contribution < 1.29 is 19.0 Å². The number of carbonyl (C=O) groups excluding carboxylic acids is 1. The molecule has 0 atom stereocenters. The molecule has 0 radical (unpaired) electrons. The van der Waals surface area contributed by atoms with Crippen LogP contribution in [0.15, 0.2) is 36.4 Å². The van der Waals surface area contributed by atoms with Gasteiger partial charge in [-0.25, -0.2) is 0 Å². The molecule has 0 unspecified atom stereocenters. The Morgan fingerprint density at radius 3 is 2.42 bits per heavy atom. The number of benzene rings is 2. The molecule has 0 saturated heterocycles. The normalized spacial score (nSPS) is 10.3. The largest absolute Gasteiger partial charge is 0.493 e. The van der Waals surface area contributed by atoms with Gasteiger partial charge in [-0.1, -0.05) is 24.3 Å². The Labute approximate surface area is 155 Å². The van der Waals surface area contributed by atoms with Crippen molar-refractivity contribution in [3.05, 3.63) is 53.1 Å². The molecule has 0 spiro atoms. The summed E-state index contributed by atoms with van der Waals surface area (Å²) < 4.78 is 16.6. The van der Waals surface area contributed by atoms with Crippen LogP contribution in [-0.4, -0.2) is 26.2 Å². The monoisotopic (exact) mass is 357 g/mol. The summed E-state index contributed by atoms with van der Waals surface area (Å²) in [4.78, 5) is 12.1. The predicted octanol–water partition coefficient (Wildman–Crippen LogP) is 3.80. The zero-order valence-electron chi connectivity index (χ0n) is 15.9. The van der Waals surface area contributed by atoms with Crippen LogP contribution >= 0.6 is 0 Å². The molecule has 0 aliphatic rings. The van der Waals surface area contributed by atoms with Crippen LogP contribution in [0, 0.1) is 13.8 Å². The molecule has 0 heterocycles. The molecule has 0 bridgehead atoms. The van der Waals surface area contributed by atoms with E-state index in [4.69, 9.17) is 14.2 Å². The van der Waals surface area contributed by atoms with Crippen LogP contribution in [0.2, 0.25) is 0 Å². The van der Waals surface area contributed by atoms with Gasteiger partial charge in [0.15, 0.2) is 11.5 Å². The highest BCUT2D eigenvalue weighted by Gasteiger charge is 2.08. The molecule has 2 aromatic rings. The zero-order chi connectivity index (χ0) is 18.9. The van der Waals surface area contributed by atoms with Gasteiger partial charge in [0.1, 0.15) is 5.75 Å². The number of para-hydroxylation sites is 1. The smallest absolute Gasteiger partial charge is 0.223 e. The van der Waals surface area contributed by atoms with Crippen molar-refractivity contribution in [3.63, 3.8) is 0 Å². The van der Waals surface area contributed by atoms with Crippen molar-refractivity contribution in [1.29, 1.82) is 0 Å². The molecule has 5 heteroatoms. The summed E-state index contributed by atoms with van der Waals surface area (Å²) in [7, 11) is 1.60. The van der Waals surface area contributed by atoms with Crippen molar-refractivity contribution in [2.75, 3.05) is 20.3 Å². The summed E-state index contributed by atoms with van der Waals surface area (Å²) in [5.41, 5.74) is 3.10. The van der Waals surface area contributed by atoms with E-state index in [0.29, 0.717) is 37.7 Å². The average Bonchev–Trinajstić information content (AvgIpc) is 2.63. The first-order chi connectivity index (χ1) is 12.5. The molecule has 0 aromatic heterocycles. The summed E-state index contributed by atoms with van der Waals surface area (Å²) in [6.07, 6.45) is 0.307. The van der Waals surface area contributed by atoms with Crippen LogP contribution in [-0.2, 0) is 11.3 Å². The molecule has 2 rings (SSSR count). The zero-order valence-corrected chi connectivity index (χ0v) is 15.9. The molecule has 5 nitrogen and oxygen atoms in total. The highest BCUT2D eigenvalue weighted by atomic mass is 16.5. The maximum atomic E-state index is 12.1. The molecule has 1 amide bonds. The number of carbonyl (C=O) groups is 1. The number of hydrogen-bond donors (Lipinski definition) is 1. The molecule has 0 aliphatic carbocycles. The highest BCUT2D eigenvalue weighted by molar-refractivity contribution is 5.76. The highest BCUT2D eigenvalue weighted by Crippen LogP contribution is 2.28. The minimum atomic E-state index is -0.0518. The molecule has 140 valence electrons. The van der Waals surface area contributed by atoms with E-state index in [1.54, 1.807) is 7.11 Å². The topological polar surface area (TPSA) is 56.8 Å². The fourth-order valence-corrected chi connectivity index (χ4v) is 2.66. The molecule has 0 aliphatic heterocycles. The van der Waals surface area contributed by atoms with Crippen LogP contribution in [0.1, 0.15) is 30.0 Å². The second-order valence-corrected chi connectivity index (χ2v) is 6.01. The van der Waals surface area contributed by atoms with E-state index >= 15 is 0 Å². The first kappa shape index (κ1) is 19.6. The van der Waals surface area contributed by atoms with Crippen LogP contribution in [0.25, 0.3) is 0 Å². The SMILES string of the molecule is CCOc1ccc(CNC(=O)CCOc2c(C)cccc2C)cc1OC. The first-order valence-corrected chi connectivity index (χ1v) is 8.80. The van der Waals surface area contributed by atoms with Crippen LogP contribution in [0.3, 0.4) is 0 Å². The van der Waals surface area contributed by atoms with Gasteiger partial charge in [-0.15, -0.1) is 0 Å². The van der Waals surface area contributed by atoms with Crippen LogP contribution in [0.4, 0.5) is 0 Å². The number of methoxy groups -OCH3 is 1. The van der Waals surface area contributed by atoms with Gasteiger partial charge >= 0.3 is 0 Å². The van der Waals surface area contributed by atoms with Gasteiger partial charge in [0.25, 0.3) is 0 Å². The lowest BCUT2D eigenvalue weighted by Gasteiger charge is -2.13. The number of aryl methyl sites for hydroxylation is 2. The van der Waals surface area contributed by atoms with Gasteiger partial charge in [0.2, 0.25) is 5.91 Å². The van der Waals surface area contributed by atoms with Gasteiger partial charge in [-0.2, -0.15) is 0 Å². The molecule has 2 aromatic carbocycles. The van der Waals surface area contributed by atoms with Crippen molar-refractivity contribution in [2.24, 2.45) is 0 Å². The van der Waals surface area contributed by atoms with Crippen molar-refractivity contribution in [3.8, 4) is 17.2 Å². The van der Waals surface area contributed by atoms with Gasteiger partial charge < -0.3 is 19.5 Å². The van der Waals surface area contributed by atoms with E-state index in [0.717, 1.165) is 22.4 Å². The fraction of sp³-hybridized carbons (Fsp3) is 0.381. The molecular weight excluding hydrogens is 330 g/mol. The average molecular weight is 357 g/mol. The number of nitrogens with one attached hydrogen (secondary N) is 1. The summed E-state index contributed by atoms with van der Waals surface area (Å²) in [6, 6.07) is 11.6. The maximum absolute atomic E-state index is 12.1. The van der Waals surface area contributed by atoms with Crippen molar-refractivity contribution in [2.45, 2.75) is 33.7 Å². The van der Waals surface area contributed by atoms with E-state index in [9.17, 15) is 4.79 Å². The third-order valence-corrected chi connectivity index (χ3v) is 4.00. The lowest BCUT2D eigenvalue weighted by Crippen LogP contribution is -2.24. The Hall–Kier alpha value is -2.69. The van der Waals surface area contributed by atoms with Gasteiger partial charge in [-0.05, 0) is 49.6 Å². The number of hydrogen-bond acceptors (Lipinski definition) is 4. The van der Waals surface area contributed by atoms with Crippen LogP contribution in [0.5, 0.6) is 17.2 Å². The minimum absolute atomic E-state index is 0.0518. The number of amides is 1. The maximum Gasteiger partial charge on any atom is 0.223 e. The third kappa shape index (κ3) is 5.41.